The first-order valence-corrected chi connectivity index (χ1v) is 6.21. The van der Waals surface area contributed by atoms with Gasteiger partial charge in [0.15, 0.2) is 0 Å². The lowest BCUT2D eigenvalue weighted by Gasteiger charge is -2.18. The molecule has 0 atom stereocenters. The first-order chi connectivity index (χ1) is 5.45. The van der Waals surface area contributed by atoms with Gasteiger partial charge in [0, 0.05) is 45.0 Å². The van der Waals surface area contributed by atoms with E-state index in [2.05, 4.69) is 15.5 Å². The van der Waals surface area contributed by atoms with Gasteiger partial charge in [0.05, 0.1) is 0 Å². The van der Waals surface area contributed by atoms with Crippen LogP contribution in [0.3, 0.4) is 0 Å². The quantitative estimate of drug-likeness (QED) is 0.499. The molecule has 2 heterocycles. The van der Waals surface area contributed by atoms with Gasteiger partial charge in [-0.25, -0.2) is 0 Å². The first kappa shape index (κ1) is 7.93. The fraction of sp³-hybridized carbons (Fsp3) is 1.00. The third-order valence-electron chi connectivity index (χ3n) is 2.28. The SMILES string of the molecule is C1CN2CCNCP(CN1)C2. The van der Waals surface area contributed by atoms with Crippen molar-refractivity contribution in [1.82, 2.24) is 15.5 Å². The predicted molar refractivity (Wildman–Crippen MR) is 49.1 cm³/mol. The smallest absolute Gasteiger partial charge is 0.0208 e. The van der Waals surface area contributed by atoms with Gasteiger partial charge in [-0.2, -0.15) is 0 Å². The molecule has 0 unspecified atom stereocenters. The standard InChI is InChI=1S/C7H16N3P/c1-3-10-4-2-9-6-11(7-10)5-8-1/h8-9H,1-7H2. The number of fused-ring (bicyclic) bond motifs is 2. The Labute approximate surface area is 69.3 Å². The average molecular weight is 173 g/mol. The highest BCUT2D eigenvalue weighted by molar-refractivity contribution is 7.57. The number of rotatable bonds is 0. The van der Waals surface area contributed by atoms with E-state index in [1.807, 2.05) is 0 Å². The van der Waals surface area contributed by atoms with Crippen molar-refractivity contribution in [2.75, 3.05) is 45.0 Å². The molecule has 2 N–H and O–H groups in total. The minimum Gasteiger partial charge on any atom is -0.311 e. The van der Waals surface area contributed by atoms with Crippen LogP contribution in [0.15, 0.2) is 0 Å². The van der Waals surface area contributed by atoms with E-state index in [0.29, 0.717) is 0 Å². The number of hydrogen-bond acceptors (Lipinski definition) is 3. The number of nitrogens with one attached hydrogen (secondary N) is 2. The Balaban J connectivity index is 1.96. The third kappa shape index (κ3) is 2.12. The maximum Gasteiger partial charge on any atom is 0.0208 e. The van der Waals surface area contributed by atoms with E-state index in [1.165, 1.54) is 45.0 Å². The molecule has 2 rings (SSSR count). The Bertz CT molecular complexity index is 105. The molecule has 4 heteroatoms. The highest BCUT2D eigenvalue weighted by Gasteiger charge is 2.18. The molecule has 0 aromatic carbocycles. The number of nitrogens with zero attached hydrogens (tertiary/aromatic N) is 1. The molecule has 0 saturated carbocycles. The van der Waals surface area contributed by atoms with Gasteiger partial charge in [-0.15, -0.1) is 0 Å². The minimum absolute atomic E-state index is 0.228. The highest BCUT2D eigenvalue weighted by Crippen LogP contribution is 2.35. The molecule has 0 spiro atoms. The molecule has 3 nitrogen and oxygen atoms in total. The molecule has 0 amide bonds. The van der Waals surface area contributed by atoms with Crippen molar-refractivity contribution in [3.8, 4) is 0 Å². The molecular formula is C7H16N3P. The van der Waals surface area contributed by atoms with Gasteiger partial charge in [-0.3, -0.25) is 4.90 Å². The molecule has 2 aliphatic heterocycles. The molecule has 0 aromatic heterocycles. The largest absolute Gasteiger partial charge is 0.311 e. The summed E-state index contributed by atoms with van der Waals surface area (Å²) in [7, 11) is 0.228. The van der Waals surface area contributed by atoms with Crippen molar-refractivity contribution in [1.29, 1.82) is 0 Å². The van der Waals surface area contributed by atoms with E-state index in [4.69, 9.17) is 0 Å². The van der Waals surface area contributed by atoms with Gasteiger partial charge < -0.3 is 10.6 Å². The van der Waals surface area contributed by atoms with E-state index in [9.17, 15) is 0 Å². The summed E-state index contributed by atoms with van der Waals surface area (Å²) in [4.78, 5) is 2.59. The monoisotopic (exact) mass is 173 g/mol. The van der Waals surface area contributed by atoms with Crippen molar-refractivity contribution in [3.63, 3.8) is 0 Å². The summed E-state index contributed by atoms with van der Waals surface area (Å²) >= 11 is 0. The Kier molecular flexibility index (Phi) is 2.75. The Hall–Kier alpha value is 0.310. The van der Waals surface area contributed by atoms with Crippen LogP contribution in [-0.4, -0.2) is 49.9 Å². The zero-order valence-electron chi connectivity index (χ0n) is 6.84. The summed E-state index contributed by atoms with van der Waals surface area (Å²) in [6, 6.07) is 0. The van der Waals surface area contributed by atoms with Crippen LogP contribution in [0.2, 0.25) is 0 Å². The van der Waals surface area contributed by atoms with E-state index in [1.54, 1.807) is 0 Å². The van der Waals surface area contributed by atoms with Crippen LogP contribution in [0, 0.1) is 0 Å². The molecular weight excluding hydrogens is 157 g/mol. The topological polar surface area (TPSA) is 27.3 Å². The Morgan fingerprint density at radius 1 is 1.00 bits per heavy atom. The Morgan fingerprint density at radius 3 is 2.27 bits per heavy atom. The molecule has 64 valence electrons. The third-order valence-corrected chi connectivity index (χ3v) is 4.42. The van der Waals surface area contributed by atoms with Crippen LogP contribution < -0.4 is 10.6 Å². The zero-order valence-corrected chi connectivity index (χ0v) is 7.74. The second-order valence-corrected chi connectivity index (χ2v) is 5.50. The lowest BCUT2D eigenvalue weighted by atomic mass is 10.5. The van der Waals surface area contributed by atoms with E-state index in [0.717, 1.165) is 0 Å². The summed E-state index contributed by atoms with van der Waals surface area (Å²) in [5.41, 5.74) is 0. The summed E-state index contributed by atoms with van der Waals surface area (Å²) in [6.07, 6.45) is 3.88. The average Bonchev–Trinajstić information content (AvgIpc) is 2.36. The van der Waals surface area contributed by atoms with E-state index in [-0.39, 0.29) is 7.92 Å². The van der Waals surface area contributed by atoms with Crippen LogP contribution in [0.4, 0.5) is 0 Å². The van der Waals surface area contributed by atoms with Crippen LogP contribution >= 0.6 is 7.92 Å². The lowest BCUT2D eigenvalue weighted by molar-refractivity contribution is 0.331. The lowest BCUT2D eigenvalue weighted by Crippen LogP contribution is -2.32. The molecule has 2 aliphatic rings. The van der Waals surface area contributed by atoms with Crippen molar-refractivity contribution in [3.05, 3.63) is 0 Å². The van der Waals surface area contributed by atoms with Crippen molar-refractivity contribution in [2.45, 2.75) is 0 Å². The maximum absolute atomic E-state index is 3.49. The second kappa shape index (κ2) is 3.81. The Morgan fingerprint density at radius 2 is 1.64 bits per heavy atom. The van der Waals surface area contributed by atoms with Gasteiger partial charge in [-0.05, 0) is 0 Å². The van der Waals surface area contributed by atoms with Gasteiger partial charge in [0.1, 0.15) is 0 Å². The minimum atomic E-state index is 0.228. The van der Waals surface area contributed by atoms with Crippen molar-refractivity contribution >= 4 is 7.92 Å². The van der Waals surface area contributed by atoms with Gasteiger partial charge >= 0.3 is 0 Å². The van der Waals surface area contributed by atoms with Crippen molar-refractivity contribution < 1.29 is 0 Å². The fourth-order valence-corrected chi connectivity index (χ4v) is 3.75. The highest BCUT2D eigenvalue weighted by atomic mass is 31.1. The normalized spacial score (nSPS) is 39.3. The second-order valence-electron chi connectivity index (χ2n) is 3.25. The van der Waals surface area contributed by atoms with Gasteiger partial charge in [0.25, 0.3) is 0 Å². The van der Waals surface area contributed by atoms with E-state index < -0.39 is 0 Å². The van der Waals surface area contributed by atoms with Crippen LogP contribution in [0.25, 0.3) is 0 Å². The molecule has 2 fully saturated rings. The van der Waals surface area contributed by atoms with Crippen LogP contribution in [-0.2, 0) is 0 Å². The van der Waals surface area contributed by atoms with Gasteiger partial charge in [0.2, 0.25) is 0 Å². The number of hydrogen-bond donors (Lipinski definition) is 2. The summed E-state index contributed by atoms with van der Waals surface area (Å²) in [6.45, 7) is 4.89. The maximum atomic E-state index is 3.49. The summed E-state index contributed by atoms with van der Waals surface area (Å²) in [5, 5.41) is 6.99. The van der Waals surface area contributed by atoms with Gasteiger partial charge in [-0.1, -0.05) is 7.92 Å². The van der Waals surface area contributed by atoms with Crippen molar-refractivity contribution in [2.24, 2.45) is 0 Å². The molecule has 2 bridgehead atoms. The van der Waals surface area contributed by atoms with Crippen LogP contribution in [0.5, 0.6) is 0 Å². The molecule has 11 heavy (non-hydrogen) atoms. The summed E-state index contributed by atoms with van der Waals surface area (Å²) in [5.74, 6) is 0. The zero-order chi connectivity index (χ0) is 7.52. The van der Waals surface area contributed by atoms with E-state index >= 15 is 0 Å². The predicted octanol–water partition coefficient (Wildman–Crippen LogP) is -0.151. The van der Waals surface area contributed by atoms with Crippen LogP contribution in [0.1, 0.15) is 0 Å². The first-order valence-electron chi connectivity index (χ1n) is 4.31. The molecule has 0 aliphatic carbocycles. The summed E-state index contributed by atoms with van der Waals surface area (Å²) < 4.78 is 0. The molecule has 0 radical (unpaired) electrons. The fourth-order valence-electron chi connectivity index (χ4n) is 1.64. The molecule has 0 aromatic rings. The molecule has 2 saturated heterocycles.